The number of anilines is 1. The Hall–Kier alpha value is -2.51. The Kier molecular flexibility index (Phi) is 5.58. The van der Waals surface area contributed by atoms with E-state index in [4.69, 9.17) is 9.88 Å². The Balaban J connectivity index is 2.31. The van der Waals surface area contributed by atoms with Crippen LogP contribution in [-0.4, -0.2) is 42.2 Å². The lowest BCUT2D eigenvalue weighted by atomic mass is 9.74. The quantitative estimate of drug-likeness (QED) is 0.672. The highest BCUT2D eigenvalue weighted by Gasteiger charge is 2.50. The number of ether oxygens (including phenoxy) is 1. The maximum absolute atomic E-state index is 11.9. The molecule has 9 nitrogen and oxygen atoms in total. The number of benzene rings is 1. The van der Waals surface area contributed by atoms with E-state index in [-0.39, 0.29) is 23.6 Å². The maximum atomic E-state index is 11.9. The summed E-state index contributed by atoms with van der Waals surface area (Å²) in [6, 6.07) is 6.35. The number of rotatable bonds is 6. The van der Waals surface area contributed by atoms with Gasteiger partial charge in [0.15, 0.2) is 0 Å². The fourth-order valence-electron chi connectivity index (χ4n) is 3.44. The Morgan fingerprint density at radius 3 is 2.48 bits per heavy atom. The zero-order valence-corrected chi connectivity index (χ0v) is 16.3. The molecule has 0 unspecified atom stereocenters. The van der Waals surface area contributed by atoms with Crippen molar-refractivity contribution in [3.63, 3.8) is 0 Å². The van der Waals surface area contributed by atoms with Gasteiger partial charge in [-0.15, -0.1) is 0 Å². The molecule has 0 aliphatic heterocycles. The molecular weight excluding hydrogens is 372 g/mol. The van der Waals surface area contributed by atoms with Crippen molar-refractivity contribution in [3.8, 4) is 11.8 Å². The van der Waals surface area contributed by atoms with Crippen LogP contribution in [0.15, 0.2) is 18.2 Å². The number of carboxylic acid groups (broad SMARTS) is 1. The molecule has 0 saturated heterocycles. The van der Waals surface area contributed by atoms with Crippen LogP contribution in [0.3, 0.4) is 0 Å². The molecule has 0 heterocycles. The molecule has 1 saturated carbocycles. The maximum Gasteiger partial charge on any atom is 0.408 e. The summed E-state index contributed by atoms with van der Waals surface area (Å²) in [7, 11) is -4.05. The molecule has 2 rings (SSSR count). The summed E-state index contributed by atoms with van der Waals surface area (Å²) in [5.74, 6) is 0.164. The number of hydrogen-bond acceptors (Lipinski definition) is 5. The first kappa shape index (κ1) is 20.8. The predicted octanol–water partition coefficient (Wildman–Crippen LogP) is 2.25. The van der Waals surface area contributed by atoms with Crippen LogP contribution >= 0.6 is 0 Å². The van der Waals surface area contributed by atoms with Gasteiger partial charge >= 0.3 is 6.09 Å². The molecule has 0 aromatic heterocycles. The van der Waals surface area contributed by atoms with Crippen LogP contribution in [-0.2, 0) is 10.2 Å². The molecule has 0 bridgehead atoms. The third-order valence-electron chi connectivity index (χ3n) is 4.51. The molecule has 1 aliphatic rings. The van der Waals surface area contributed by atoms with Crippen LogP contribution in [0.25, 0.3) is 0 Å². The van der Waals surface area contributed by atoms with E-state index in [1.807, 2.05) is 26.8 Å². The SMILES string of the molecule is CC(C)(C)N(C(=O)O)C1(COc2cccc(NS(N)(=O)=O)c2C#N)CCC1. The number of nitrogens with one attached hydrogen (secondary N) is 1. The van der Waals surface area contributed by atoms with Gasteiger partial charge in [0.2, 0.25) is 0 Å². The summed E-state index contributed by atoms with van der Waals surface area (Å²) in [6.07, 6.45) is 1.14. The van der Waals surface area contributed by atoms with Crippen molar-refractivity contribution in [2.75, 3.05) is 11.3 Å². The number of nitrogens with zero attached hydrogens (tertiary/aromatic N) is 2. The molecule has 4 N–H and O–H groups in total. The van der Waals surface area contributed by atoms with Gasteiger partial charge < -0.3 is 9.84 Å². The van der Waals surface area contributed by atoms with Gasteiger partial charge in [-0.25, -0.2) is 9.93 Å². The highest BCUT2D eigenvalue weighted by atomic mass is 32.2. The van der Waals surface area contributed by atoms with Gasteiger partial charge in [0.05, 0.1) is 11.2 Å². The van der Waals surface area contributed by atoms with E-state index in [0.29, 0.717) is 12.8 Å². The third-order valence-corrected chi connectivity index (χ3v) is 5.01. The zero-order valence-electron chi connectivity index (χ0n) is 15.5. The molecule has 148 valence electrons. The van der Waals surface area contributed by atoms with E-state index in [2.05, 4.69) is 4.72 Å². The lowest BCUT2D eigenvalue weighted by Gasteiger charge is -2.53. The van der Waals surface area contributed by atoms with Gasteiger partial charge in [-0.3, -0.25) is 9.62 Å². The average molecular weight is 396 g/mol. The van der Waals surface area contributed by atoms with Gasteiger partial charge in [0, 0.05) is 5.54 Å². The van der Waals surface area contributed by atoms with Gasteiger partial charge in [0.1, 0.15) is 24.0 Å². The van der Waals surface area contributed by atoms with Crippen LogP contribution in [0.5, 0.6) is 5.75 Å². The van der Waals surface area contributed by atoms with Crippen LogP contribution in [0.4, 0.5) is 10.5 Å². The summed E-state index contributed by atoms with van der Waals surface area (Å²) in [6.45, 7) is 5.51. The summed E-state index contributed by atoms with van der Waals surface area (Å²) < 4.78 is 30.4. The number of nitrogens with two attached hydrogens (primary N) is 1. The van der Waals surface area contributed by atoms with E-state index in [1.54, 1.807) is 0 Å². The van der Waals surface area contributed by atoms with E-state index >= 15 is 0 Å². The van der Waals surface area contributed by atoms with Crippen molar-refractivity contribution in [2.24, 2.45) is 5.14 Å². The van der Waals surface area contributed by atoms with E-state index < -0.39 is 27.4 Å². The monoisotopic (exact) mass is 396 g/mol. The molecule has 1 fully saturated rings. The van der Waals surface area contributed by atoms with E-state index in [0.717, 1.165) is 6.42 Å². The first-order valence-corrected chi connectivity index (χ1v) is 9.94. The number of hydrogen-bond donors (Lipinski definition) is 3. The second-order valence-corrected chi connectivity index (χ2v) is 8.89. The first-order valence-electron chi connectivity index (χ1n) is 8.39. The molecule has 1 aromatic rings. The number of nitriles is 1. The zero-order chi connectivity index (χ0) is 20.5. The standard InChI is InChI=1S/C17H24N4O5S/c1-16(2,3)21(15(22)23)17(8-5-9-17)11-26-14-7-4-6-13(12(14)10-18)20-27(19,24)25/h4,6-7,20H,5,8-9,11H2,1-3H3,(H,22,23)(H2,19,24,25). The Labute approximate surface area is 158 Å². The summed E-state index contributed by atoms with van der Waals surface area (Å²) >= 11 is 0. The molecule has 1 aromatic carbocycles. The largest absolute Gasteiger partial charge is 0.490 e. The van der Waals surface area contributed by atoms with Gasteiger partial charge in [-0.05, 0) is 52.2 Å². The Morgan fingerprint density at radius 1 is 1.44 bits per heavy atom. The fraction of sp³-hybridized carbons (Fsp3) is 0.529. The van der Waals surface area contributed by atoms with E-state index in [9.17, 15) is 23.6 Å². The normalized spacial score (nSPS) is 16.0. The van der Waals surface area contributed by atoms with Gasteiger partial charge in [0.25, 0.3) is 10.2 Å². The second kappa shape index (κ2) is 7.25. The highest BCUT2D eigenvalue weighted by Crippen LogP contribution is 2.42. The summed E-state index contributed by atoms with van der Waals surface area (Å²) in [4.78, 5) is 13.3. The second-order valence-electron chi connectivity index (χ2n) is 7.59. The van der Waals surface area contributed by atoms with E-state index in [1.165, 1.54) is 23.1 Å². The van der Waals surface area contributed by atoms with Gasteiger partial charge in [-0.2, -0.15) is 13.7 Å². The highest BCUT2D eigenvalue weighted by molar-refractivity contribution is 7.90. The topological polar surface area (TPSA) is 146 Å². The molecule has 0 radical (unpaired) electrons. The summed E-state index contributed by atoms with van der Waals surface area (Å²) in [5.41, 5.74) is -1.32. The predicted molar refractivity (Wildman–Crippen MR) is 99.6 cm³/mol. The Bertz CT molecular complexity index is 866. The lowest BCUT2D eigenvalue weighted by Crippen LogP contribution is -2.65. The summed E-state index contributed by atoms with van der Waals surface area (Å²) in [5, 5.41) is 24.1. The van der Waals surface area contributed by atoms with Crippen molar-refractivity contribution in [1.82, 2.24) is 4.90 Å². The smallest absolute Gasteiger partial charge is 0.408 e. The van der Waals surface area contributed by atoms with Crippen LogP contribution in [0.1, 0.15) is 45.6 Å². The lowest BCUT2D eigenvalue weighted by molar-refractivity contribution is -0.0533. The minimum absolute atomic E-state index is 0.00562. The molecule has 0 atom stereocenters. The number of amides is 1. The molecule has 10 heteroatoms. The molecule has 0 spiro atoms. The fourth-order valence-corrected chi connectivity index (χ4v) is 3.91. The molecular formula is C17H24N4O5S. The number of carbonyl (C=O) groups is 1. The Morgan fingerprint density at radius 2 is 2.07 bits per heavy atom. The molecule has 27 heavy (non-hydrogen) atoms. The average Bonchev–Trinajstić information content (AvgIpc) is 2.46. The van der Waals surface area contributed by atoms with Crippen LogP contribution in [0, 0.1) is 11.3 Å². The minimum atomic E-state index is -4.05. The van der Waals surface area contributed by atoms with Crippen molar-refractivity contribution >= 4 is 22.0 Å². The van der Waals surface area contributed by atoms with Crippen molar-refractivity contribution in [1.29, 1.82) is 5.26 Å². The van der Waals surface area contributed by atoms with Gasteiger partial charge in [-0.1, -0.05) is 6.07 Å². The van der Waals surface area contributed by atoms with Crippen molar-refractivity contribution < 1.29 is 23.1 Å². The minimum Gasteiger partial charge on any atom is -0.490 e. The van der Waals surface area contributed by atoms with Crippen LogP contribution in [0.2, 0.25) is 0 Å². The van der Waals surface area contributed by atoms with Crippen molar-refractivity contribution in [3.05, 3.63) is 23.8 Å². The van der Waals surface area contributed by atoms with Crippen molar-refractivity contribution in [2.45, 2.75) is 51.1 Å². The molecule has 1 amide bonds. The first-order chi connectivity index (χ1) is 12.4. The third kappa shape index (κ3) is 4.61. The van der Waals surface area contributed by atoms with Crippen LogP contribution < -0.4 is 14.6 Å². The molecule has 1 aliphatic carbocycles.